The van der Waals surface area contributed by atoms with Gasteiger partial charge >= 0.3 is 6.09 Å². The summed E-state index contributed by atoms with van der Waals surface area (Å²) < 4.78 is 10.6. The Balaban J connectivity index is 1.62. The summed E-state index contributed by atoms with van der Waals surface area (Å²) in [5, 5.41) is 41.3. The standard InChI is InChI=1S/C30H43N3O7/c1-29(2,3)40-28(37)33-24(17-22-12-8-5-9-13-22)26(35)19-31-18-25(34)23(16-21-10-6-4-7-11-21)32-27(36)30(38)14-15-39-20-30/h4-13,23-26,31,34-35,38H,14-20H2,1-3H3,(H,32,36)(H,33,37)/t23-,24-,25+,26+,30?/m0/s1. The molecule has 0 radical (unpaired) electrons. The quantitative estimate of drug-likeness (QED) is 0.216. The second-order valence-electron chi connectivity index (χ2n) is 11.3. The number of alkyl carbamates (subject to hydrolysis) is 1. The smallest absolute Gasteiger partial charge is 0.407 e. The lowest BCUT2D eigenvalue weighted by molar-refractivity contribution is -0.141. The Morgan fingerprint density at radius 1 is 0.900 bits per heavy atom. The highest BCUT2D eigenvalue weighted by Crippen LogP contribution is 2.19. The van der Waals surface area contributed by atoms with Gasteiger partial charge in [0.25, 0.3) is 5.91 Å². The van der Waals surface area contributed by atoms with Gasteiger partial charge in [0.05, 0.1) is 37.5 Å². The Labute approximate surface area is 236 Å². The first-order chi connectivity index (χ1) is 18.9. The summed E-state index contributed by atoms with van der Waals surface area (Å²) in [6.07, 6.45) is -1.77. The van der Waals surface area contributed by atoms with E-state index in [9.17, 15) is 24.9 Å². The average molecular weight is 558 g/mol. The summed E-state index contributed by atoms with van der Waals surface area (Å²) in [6, 6.07) is 17.5. The van der Waals surface area contributed by atoms with Crippen LogP contribution in [-0.4, -0.2) is 89.1 Å². The topological polar surface area (TPSA) is 149 Å². The molecule has 1 saturated heterocycles. The molecule has 10 heteroatoms. The van der Waals surface area contributed by atoms with E-state index < -0.39 is 47.5 Å². The summed E-state index contributed by atoms with van der Waals surface area (Å²) in [5.74, 6) is -0.588. The number of nitrogens with one attached hydrogen (secondary N) is 3. The molecule has 2 aromatic rings. The maximum Gasteiger partial charge on any atom is 0.407 e. The maximum absolute atomic E-state index is 12.9. The van der Waals surface area contributed by atoms with Crippen molar-refractivity contribution in [2.45, 2.75) is 75.5 Å². The summed E-state index contributed by atoms with van der Waals surface area (Å²) >= 11 is 0. The number of amides is 2. The van der Waals surface area contributed by atoms with Crippen LogP contribution in [0.4, 0.5) is 4.79 Å². The zero-order valence-corrected chi connectivity index (χ0v) is 23.5. The largest absolute Gasteiger partial charge is 0.444 e. The summed E-state index contributed by atoms with van der Waals surface area (Å²) in [4.78, 5) is 25.3. The van der Waals surface area contributed by atoms with Crippen molar-refractivity contribution < 1.29 is 34.4 Å². The SMILES string of the molecule is CC(C)(C)OC(=O)N[C@@H](Cc1ccccc1)[C@H](O)CNC[C@@H](O)[C@H](Cc1ccccc1)NC(=O)C1(O)CCOC1. The molecule has 0 bridgehead atoms. The Kier molecular flexibility index (Phi) is 11.5. The van der Waals surface area contributed by atoms with Crippen molar-refractivity contribution in [1.29, 1.82) is 0 Å². The Morgan fingerprint density at radius 3 is 1.85 bits per heavy atom. The van der Waals surface area contributed by atoms with Gasteiger partial charge in [-0.3, -0.25) is 4.79 Å². The van der Waals surface area contributed by atoms with Gasteiger partial charge in [0.1, 0.15) is 5.60 Å². The highest BCUT2D eigenvalue weighted by molar-refractivity contribution is 5.85. The van der Waals surface area contributed by atoms with Crippen LogP contribution in [0, 0.1) is 0 Å². The van der Waals surface area contributed by atoms with Gasteiger partial charge in [-0.2, -0.15) is 0 Å². The molecule has 3 rings (SSSR count). The molecular weight excluding hydrogens is 514 g/mol. The maximum atomic E-state index is 12.9. The van der Waals surface area contributed by atoms with Crippen LogP contribution in [0.2, 0.25) is 0 Å². The second-order valence-corrected chi connectivity index (χ2v) is 11.3. The Bertz CT molecular complexity index is 1060. The number of aliphatic hydroxyl groups excluding tert-OH is 2. The predicted molar refractivity (Wildman–Crippen MR) is 151 cm³/mol. The normalized spacial score (nSPS) is 20.2. The fraction of sp³-hybridized carbons (Fsp3) is 0.533. The molecule has 0 aromatic heterocycles. The van der Waals surface area contributed by atoms with Crippen molar-refractivity contribution in [1.82, 2.24) is 16.0 Å². The molecule has 0 aliphatic carbocycles. The molecule has 6 N–H and O–H groups in total. The molecule has 40 heavy (non-hydrogen) atoms. The van der Waals surface area contributed by atoms with E-state index in [0.717, 1.165) is 11.1 Å². The van der Waals surface area contributed by atoms with Crippen LogP contribution in [0.1, 0.15) is 38.3 Å². The third-order valence-corrected chi connectivity index (χ3v) is 6.67. The van der Waals surface area contributed by atoms with Crippen LogP contribution in [0.5, 0.6) is 0 Å². The molecule has 2 aromatic carbocycles. The van der Waals surface area contributed by atoms with Gasteiger partial charge in [-0.25, -0.2) is 4.79 Å². The lowest BCUT2D eigenvalue weighted by Gasteiger charge is -2.30. The third-order valence-electron chi connectivity index (χ3n) is 6.67. The van der Waals surface area contributed by atoms with E-state index in [0.29, 0.717) is 12.8 Å². The number of ether oxygens (including phenoxy) is 2. The first-order valence-corrected chi connectivity index (χ1v) is 13.7. The molecule has 0 spiro atoms. The van der Waals surface area contributed by atoms with E-state index in [4.69, 9.17) is 9.47 Å². The monoisotopic (exact) mass is 557 g/mol. The number of carbonyl (C=O) groups excluding carboxylic acids is 2. The van der Waals surface area contributed by atoms with Gasteiger partial charge in [0.2, 0.25) is 0 Å². The van der Waals surface area contributed by atoms with Crippen LogP contribution in [-0.2, 0) is 27.1 Å². The molecule has 1 aliphatic heterocycles. The van der Waals surface area contributed by atoms with Gasteiger partial charge < -0.3 is 40.7 Å². The predicted octanol–water partition coefficient (Wildman–Crippen LogP) is 1.31. The first kappa shape index (κ1) is 31.5. The van der Waals surface area contributed by atoms with E-state index >= 15 is 0 Å². The van der Waals surface area contributed by atoms with Gasteiger partial charge in [0.15, 0.2) is 5.60 Å². The number of carbonyl (C=O) groups is 2. The first-order valence-electron chi connectivity index (χ1n) is 13.7. The highest BCUT2D eigenvalue weighted by atomic mass is 16.6. The van der Waals surface area contributed by atoms with Crippen molar-refractivity contribution in [3.05, 3.63) is 71.8 Å². The molecule has 1 fully saturated rings. The Morgan fingerprint density at radius 2 is 1.40 bits per heavy atom. The lowest BCUT2D eigenvalue weighted by atomic mass is 9.97. The fourth-order valence-electron chi connectivity index (χ4n) is 4.46. The number of rotatable bonds is 13. The molecular formula is C30H43N3O7. The van der Waals surface area contributed by atoms with Gasteiger partial charge in [0, 0.05) is 19.5 Å². The van der Waals surface area contributed by atoms with Crippen LogP contribution < -0.4 is 16.0 Å². The zero-order valence-electron chi connectivity index (χ0n) is 23.5. The minimum atomic E-state index is -1.63. The lowest BCUT2D eigenvalue weighted by Crippen LogP contribution is -2.56. The van der Waals surface area contributed by atoms with E-state index in [1.54, 1.807) is 20.8 Å². The number of hydrogen-bond acceptors (Lipinski definition) is 8. The van der Waals surface area contributed by atoms with Crippen LogP contribution in [0.3, 0.4) is 0 Å². The van der Waals surface area contributed by atoms with Crippen molar-refractivity contribution in [3.8, 4) is 0 Å². The van der Waals surface area contributed by atoms with Crippen LogP contribution in [0.25, 0.3) is 0 Å². The van der Waals surface area contributed by atoms with Crippen molar-refractivity contribution in [3.63, 3.8) is 0 Å². The number of hydrogen-bond donors (Lipinski definition) is 6. The van der Waals surface area contributed by atoms with E-state index in [1.807, 2.05) is 60.7 Å². The Hall–Kier alpha value is -3.02. The number of aliphatic hydroxyl groups is 3. The van der Waals surface area contributed by atoms with Crippen molar-refractivity contribution in [2.75, 3.05) is 26.3 Å². The van der Waals surface area contributed by atoms with E-state index in [1.165, 1.54) is 0 Å². The van der Waals surface area contributed by atoms with Gasteiger partial charge in [-0.15, -0.1) is 0 Å². The molecule has 1 heterocycles. The third kappa shape index (κ3) is 10.2. The van der Waals surface area contributed by atoms with E-state index in [-0.39, 0.29) is 32.7 Å². The van der Waals surface area contributed by atoms with Crippen molar-refractivity contribution in [2.24, 2.45) is 0 Å². The molecule has 220 valence electrons. The van der Waals surface area contributed by atoms with Crippen LogP contribution in [0.15, 0.2) is 60.7 Å². The average Bonchev–Trinajstić information content (AvgIpc) is 3.35. The van der Waals surface area contributed by atoms with Crippen LogP contribution >= 0.6 is 0 Å². The van der Waals surface area contributed by atoms with Gasteiger partial charge in [-0.05, 0) is 44.7 Å². The molecule has 1 aliphatic rings. The number of benzene rings is 2. The minimum absolute atomic E-state index is 0.0499. The molecule has 5 atom stereocenters. The second kappa shape index (κ2) is 14.6. The summed E-state index contributed by atoms with van der Waals surface area (Å²) in [5.41, 5.74) is -0.478. The summed E-state index contributed by atoms with van der Waals surface area (Å²) in [7, 11) is 0. The fourth-order valence-corrected chi connectivity index (χ4v) is 4.46. The summed E-state index contributed by atoms with van der Waals surface area (Å²) in [6.45, 7) is 5.60. The van der Waals surface area contributed by atoms with E-state index in [2.05, 4.69) is 16.0 Å². The van der Waals surface area contributed by atoms with Crippen molar-refractivity contribution >= 4 is 12.0 Å². The minimum Gasteiger partial charge on any atom is -0.444 e. The molecule has 10 nitrogen and oxygen atoms in total. The molecule has 2 amide bonds. The van der Waals surface area contributed by atoms with Gasteiger partial charge in [-0.1, -0.05) is 60.7 Å². The molecule has 1 unspecified atom stereocenters. The molecule has 0 saturated carbocycles. The highest BCUT2D eigenvalue weighted by Gasteiger charge is 2.41. The zero-order chi connectivity index (χ0) is 29.2.